The maximum atomic E-state index is 13.0. The number of nitrogens with two attached hydrogens (primary N) is 1. The summed E-state index contributed by atoms with van der Waals surface area (Å²) in [7, 11) is 0. The zero-order valence-electron chi connectivity index (χ0n) is 17.8. The number of amides is 3. The van der Waals surface area contributed by atoms with E-state index in [1.807, 2.05) is 4.90 Å². The summed E-state index contributed by atoms with van der Waals surface area (Å²) in [5, 5.41) is 2.82. The summed E-state index contributed by atoms with van der Waals surface area (Å²) in [5.74, 6) is -0.318. The third-order valence-electron chi connectivity index (χ3n) is 5.63. The molecular formula is C22H32N4O4. The second-order valence-corrected chi connectivity index (χ2v) is 8.58. The van der Waals surface area contributed by atoms with Crippen LogP contribution in [0.15, 0.2) is 24.3 Å². The van der Waals surface area contributed by atoms with E-state index < -0.39 is 17.9 Å². The number of morpholine rings is 1. The normalized spacial score (nSPS) is 18.4. The van der Waals surface area contributed by atoms with Gasteiger partial charge in [0.2, 0.25) is 5.91 Å². The van der Waals surface area contributed by atoms with E-state index >= 15 is 0 Å². The van der Waals surface area contributed by atoms with Crippen molar-refractivity contribution >= 4 is 29.1 Å². The number of carbonyl (C=O) groups is 3. The van der Waals surface area contributed by atoms with E-state index in [0.717, 1.165) is 18.5 Å². The Balaban J connectivity index is 1.68. The van der Waals surface area contributed by atoms with Gasteiger partial charge in [0.05, 0.1) is 6.61 Å². The van der Waals surface area contributed by atoms with Gasteiger partial charge in [-0.05, 0) is 48.9 Å². The van der Waals surface area contributed by atoms with Crippen molar-refractivity contribution in [2.45, 2.75) is 39.2 Å². The number of nitrogens with one attached hydrogen (secondary N) is 1. The van der Waals surface area contributed by atoms with Gasteiger partial charge in [-0.2, -0.15) is 0 Å². The molecular weight excluding hydrogens is 384 g/mol. The van der Waals surface area contributed by atoms with Crippen molar-refractivity contribution in [3.63, 3.8) is 0 Å². The van der Waals surface area contributed by atoms with Gasteiger partial charge in [0.1, 0.15) is 6.61 Å². The molecule has 3 N–H and O–H groups in total. The molecule has 1 aromatic carbocycles. The van der Waals surface area contributed by atoms with Crippen molar-refractivity contribution in [2.75, 3.05) is 43.1 Å². The number of hydrogen-bond acceptors (Lipinski definition) is 5. The lowest BCUT2D eigenvalue weighted by Crippen LogP contribution is -2.54. The summed E-state index contributed by atoms with van der Waals surface area (Å²) >= 11 is 0. The van der Waals surface area contributed by atoms with Crippen molar-refractivity contribution in [3.8, 4) is 0 Å². The molecule has 0 spiro atoms. The number of ether oxygens (including phenoxy) is 1. The molecule has 2 fully saturated rings. The number of rotatable bonds is 9. The third kappa shape index (κ3) is 5.58. The molecule has 1 saturated carbocycles. The Morgan fingerprint density at radius 2 is 1.97 bits per heavy atom. The van der Waals surface area contributed by atoms with E-state index in [9.17, 15) is 14.4 Å². The lowest BCUT2D eigenvalue weighted by molar-refractivity contribution is -0.133. The largest absolute Gasteiger partial charge is 0.370 e. The summed E-state index contributed by atoms with van der Waals surface area (Å²) in [6, 6.07) is 6.00. The van der Waals surface area contributed by atoms with Crippen molar-refractivity contribution in [2.24, 2.45) is 17.6 Å². The summed E-state index contributed by atoms with van der Waals surface area (Å²) in [5.41, 5.74) is 6.95. The first-order chi connectivity index (χ1) is 14.3. The van der Waals surface area contributed by atoms with E-state index in [-0.39, 0.29) is 12.5 Å². The van der Waals surface area contributed by atoms with Crippen LogP contribution in [0.1, 0.15) is 33.1 Å². The Labute approximate surface area is 177 Å². The molecule has 0 aromatic heterocycles. The Hall–Kier alpha value is -2.45. The maximum Gasteiger partial charge on any atom is 0.253 e. The van der Waals surface area contributed by atoms with E-state index in [4.69, 9.17) is 10.5 Å². The number of nitrogens with zero attached hydrogens (tertiary/aromatic N) is 2. The quantitative estimate of drug-likeness (QED) is 0.595. The molecule has 3 rings (SSSR count). The van der Waals surface area contributed by atoms with Gasteiger partial charge in [0, 0.05) is 31.0 Å². The molecule has 1 saturated heterocycles. The second-order valence-electron chi connectivity index (χ2n) is 8.58. The summed E-state index contributed by atoms with van der Waals surface area (Å²) < 4.78 is 5.15. The van der Waals surface area contributed by atoms with Gasteiger partial charge in [0.25, 0.3) is 11.8 Å². The average Bonchev–Trinajstić information content (AvgIpc) is 2.65. The number of carbonyl (C=O) groups excluding carboxylic acids is 3. The molecule has 8 nitrogen and oxygen atoms in total. The molecule has 1 atom stereocenters. The van der Waals surface area contributed by atoms with Gasteiger partial charge in [-0.3, -0.25) is 19.3 Å². The van der Waals surface area contributed by atoms with Crippen LogP contribution in [0.25, 0.3) is 0 Å². The minimum Gasteiger partial charge on any atom is -0.370 e. The second kappa shape index (κ2) is 10.0. The van der Waals surface area contributed by atoms with E-state index in [1.165, 1.54) is 6.42 Å². The lowest BCUT2D eigenvalue weighted by Gasteiger charge is -2.36. The van der Waals surface area contributed by atoms with Crippen LogP contribution >= 0.6 is 0 Å². The van der Waals surface area contributed by atoms with Crippen molar-refractivity contribution < 1.29 is 19.1 Å². The first-order valence-corrected chi connectivity index (χ1v) is 10.7. The van der Waals surface area contributed by atoms with Crippen molar-refractivity contribution in [3.05, 3.63) is 24.3 Å². The Morgan fingerprint density at radius 3 is 2.50 bits per heavy atom. The molecule has 3 amide bonds. The zero-order chi connectivity index (χ0) is 21.7. The fourth-order valence-corrected chi connectivity index (χ4v) is 3.96. The Bertz CT molecular complexity index is 761. The molecule has 1 aromatic rings. The molecule has 1 heterocycles. The monoisotopic (exact) mass is 416 g/mol. The molecule has 30 heavy (non-hydrogen) atoms. The summed E-state index contributed by atoms with van der Waals surface area (Å²) in [6.45, 7) is 6.54. The van der Waals surface area contributed by atoms with Crippen LogP contribution in [0.2, 0.25) is 0 Å². The molecule has 8 heteroatoms. The van der Waals surface area contributed by atoms with Gasteiger partial charge in [0.15, 0.2) is 6.04 Å². The summed E-state index contributed by atoms with van der Waals surface area (Å²) in [6.07, 6.45) is 3.46. The SMILES string of the molecule is CC(C)CN(CC1CCC1)[C@H](C(N)=O)C(=O)Nc1ccc(N2CCOCC2=O)cc1. The molecule has 1 aliphatic carbocycles. The van der Waals surface area contributed by atoms with Gasteiger partial charge < -0.3 is 20.7 Å². The molecule has 0 radical (unpaired) electrons. The van der Waals surface area contributed by atoms with Crippen LogP contribution in [0.4, 0.5) is 11.4 Å². The smallest absolute Gasteiger partial charge is 0.253 e. The van der Waals surface area contributed by atoms with Crippen molar-refractivity contribution in [1.82, 2.24) is 4.90 Å². The standard InChI is InChI=1S/C22H32N4O4/c1-15(2)12-25(13-16-4-3-5-16)20(21(23)28)22(29)24-17-6-8-18(9-7-17)26-10-11-30-14-19(26)27/h6-9,15-16,20H,3-5,10-14H2,1-2H3,(H2,23,28)(H,24,29)/t20-/m1/s1. The topological polar surface area (TPSA) is 105 Å². The molecule has 1 aliphatic heterocycles. The van der Waals surface area contributed by atoms with Crippen LogP contribution in [0.3, 0.4) is 0 Å². The van der Waals surface area contributed by atoms with E-state index in [2.05, 4.69) is 19.2 Å². The average molecular weight is 417 g/mol. The highest BCUT2D eigenvalue weighted by molar-refractivity contribution is 6.09. The molecule has 0 bridgehead atoms. The van der Waals surface area contributed by atoms with Crippen LogP contribution < -0.4 is 16.0 Å². The van der Waals surface area contributed by atoms with Crippen LogP contribution in [0.5, 0.6) is 0 Å². The first-order valence-electron chi connectivity index (χ1n) is 10.7. The van der Waals surface area contributed by atoms with Crippen LogP contribution in [-0.4, -0.2) is 61.5 Å². The maximum absolute atomic E-state index is 13.0. The van der Waals surface area contributed by atoms with Crippen LogP contribution in [0, 0.1) is 11.8 Å². The van der Waals surface area contributed by atoms with E-state index in [1.54, 1.807) is 29.2 Å². The highest BCUT2D eigenvalue weighted by atomic mass is 16.5. The van der Waals surface area contributed by atoms with Gasteiger partial charge in [-0.1, -0.05) is 20.3 Å². The van der Waals surface area contributed by atoms with Gasteiger partial charge in [-0.15, -0.1) is 0 Å². The van der Waals surface area contributed by atoms with E-state index in [0.29, 0.717) is 43.8 Å². The molecule has 0 unspecified atom stereocenters. The van der Waals surface area contributed by atoms with Crippen LogP contribution in [-0.2, 0) is 19.1 Å². The Kier molecular flexibility index (Phi) is 7.44. The fraction of sp³-hybridized carbons (Fsp3) is 0.591. The van der Waals surface area contributed by atoms with Gasteiger partial charge >= 0.3 is 0 Å². The number of anilines is 2. The minimum atomic E-state index is -1.01. The fourth-order valence-electron chi connectivity index (χ4n) is 3.96. The Morgan fingerprint density at radius 1 is 1.27 bits per heavy atom. The predicted molar refractivity (Wildman–Crippen MR) is 115 cm³/mol. The highest BCUT2D eigenvalue weighted by Gasteiger charge is 2.34. The third-order valence-corrected chi connectivity index (χ3v) is 5.63. The predicted octanol–water partition coefficient (Wildman–Crippen LogP) is 1.60. The first kappa shape index (κ1) is 22.2. The lowest BCUT2D eigenvalue weighted by atomic mass is 9.84. The number of benzene rings is 1. The highest BCUT2D eigenvalue weighted by Crippen LogP contribution is 2.28. The zero-order valence-corrected chi connectivity index (χ0v) is 17.8. The number of primary amides is 1. The van der Waals surface area contributed by atoms with Gasteiger partial charge in [-0.25, -0.2) is 0 Å². The van der Waals surface area contributed by atoms with Crippen molar-refractivity contribution in [1.29, 1.82) is 0 Å². The molecule has 164 valence electrons. The number of hydrogen-bond donors (Lipinski definition) is 2. The summed E-state index contributed by atoms with van der Waals surface area (Å²) in [4.78, 5) is 40.7. The molecule has 2 aliphatic rings. The minimum absolute atomic E-state index is 0.0749.